The maximum Gasteiger partial charge on any atom is 0.338 e. The van der Waals surface area contributed by atoms with Crippen molar-refractivity contribution in [3.63, 3.8) is 0 Å². The highest BCUT2D eigenvalue weighted by atomic mass is 35.5. The van der Waals surface area contributed by atoms with Gasteiger partial charge in [-0.1, -0.05) is 41.4 Å². The molecule has 0 spiro atoms. The summed E-state index contributed by atoms with van der Waals surface area (Å²) in [5, 5.41) is 3.02. The number of aryl methyl sites for hydroxylation is 2. The highest BCUT2D eigenvalue weighted by Crippen LogP contribution is 2.20. The first kappa shape index (κ1) is 16.0. The van der Waals surface area contributed by atoms with Crippen LogP contribution in [0, 0.1) is 13.8 Å². The highest BCUT2D eigenvalue weighted by molar-refractivity contribution is 6.33. The first-order valence-electron chi connectivity index (χ1n) is 6.76. The minimum Gasteiger partial charge on any atom is -0.452 e. The second-order valence-corrected chi connectivity index (χ2v) is 5.33. The number of esters is 1. The summed E-state index contributed by atoms with van der Waals surface area (Å²) >= 11 is 5.94. The molecule has 0 radical (unpaired) electrons. The Morgan fingerprint density at radius 1 is 1.14 bits per heavy atom. The first-order chi connectivity index (χ1) is 10.5. The van der Waals surface area contributed by atoms with E-state index in [9.17, 15) is 9.59 Å². The van der Waals surface area contributed by atoms with E-state index in [0.717, 1.165) is 11.1 Å². The van der Waals surface area contributed by atoms with E-state index >= 15 is 0 Å². The van der Waals surface area contributed by atoms with E-state index < -0.39 is 11.9 Å². The summed E-state index contributed by atoms with van der Waals surface area (Å²) < 4.78 is 5.03. The van der Waals surface area contributed by atoms with Gasteiger partial charge in [0.2, 0.25) is 0 Å². The number of para-hydroxylation sites is 1. The number of ether oxygens (including phenoxy) is 1. The van der Waals surface area contributed by atoms with Gasteiger partial charge in [0.25, 0.3) is 5.91 Å². The van der Waals surface area contributed by atoms with Crippen LogP contribution in [-0.2, 0) is 9.53 Å². The fraction of sp³-hybridized carbons (Fsp3) is 0.176. The Hall–Kier alpha value is -2.33. The Labute approximate surface area is 134 Å². The molecule has 4 nitrogen and oxygen atoms in total. The van der Waals surface area contributed by atoms with Crippen molar-refractivity contribution in [2.24, 2.45) is 0 Å². The van der Waals surface area contributed by atoms with E-state index in [1.54, 1.807) is 30.3 Å². The van der Waals surface area contributed by atoms with Gasteiger partial charge in [-0.15, -0.1) is 0 Å². The number of carbonyl (C=O) groups is 2. The molecule has 0 atom stereocenters. The smallest absolute Gasteiger partial charge is 0.338 e. The van der Waals surface area contributed by atoms with Crippen LogP contribution >= 0.6 is 11.6 Å². The molecule has 114 valence electrons. The molecule has 0 saturated carbocycles. The fourth-order valence-corrected chi connectivity index (χ4v) is 2.18. The van der Waals surface area contributed by atoms with Crippen molar-refractivity contribution in [3.05, 3.63) is 64.2 Å². The molecule has 0 aliphatic rings. The molecule has 0 aliphatic carbocycles. The minimum absolute atomic E-state index is 0.364. The predicted octanol–water partition coefficient (Wildman–Crippen LogP) is 3.75. The number of anilines is 1. The lowest BCUT2D eigenvalue weighted by Crippen LogP contribution is -2.21. The molecule has 0 fully saturated rings. The lowest BCUT2D eigenvalue weighted by Gasteiger charge is -2.09. The summed E-state index contributed by atoms with van der Waals surface area (Å²) in [6.07, 6.45) is 0. The standard InChI is InChI=1S/C17H16ClNO3/c1-11-7-8-13(12(2)9-11)17(21)22-10-16(20)19-15-6-4-3-5-14(15)18/h3-9H,10H2,1-2H3,(H,19,20). The third-order valence-corrected chi connectivity index (χ3v) is 3.41. The van der Waals surface area contributed by atoms with Gasteiger partial charge in [0.1, 0.15) is 0 Å². The van der Waals surface area contributed by atoms with Gasteiger partial charge >= 0.3 is 5.97 Å². The second-order valence-electron chi connectivity index (χ2n) is 4.92. The molecular weight excluding hydrogens is 302 g/mol. The number of hydrogen-bond donors (Lipinski definition) is 1. The van der Waals surface area contributed by atoms with E-state index in [4.69, 9.17) is 16.3 Å². The second kappa shape index (κ2) is 7.09. The maximum absolute atomic E-state index is 12.0. The predicted molar refractivity (Wildman–Crippen MR) is 86.3 cm³/mol. The SMILES string of the molecule is Cc1ccc(C(=O)OCC(=O)Nc2ccccc2Cl)c(C)c1. The van der Waals surface area contributed by atoms with E-state index in [1.807, 2.05) is 26.0 Å². The highest BCUT2D eigenvalue weighted by Gasteiger charge is 2.13. The lowest BCUT2D eigenvalue weighted by atomic mass is 10.1. The Morgan fingerprint density at radius 2 is 1.86 bits per heavy atom. The molecule has 1 N–H and O–H groups in total. The van der Waals surface area contributed by atoms with Crippen LogP contribution in [-0.4, -0.2) is 18.5 Å². The summed E-state index contributed by atoms with van der Waals surface area (Å²) in [6.45, 7) is 3.41. The van der Waals surface area contributed by atoms with Gasteiger partial charge in [0.05, 0.1) is 16.3 Å². The van der Waals surface area contributed by atoms with Gasteiger partial charge in [0, 0.05) is 0 Å². The third kappa shape index (κ3) is 4.09. The average Bonchev–Trinajstić information content (AvgIpc) is 2.47. The summed E-state index contributed by atoms with van der Waals surface area (Å²) in [6, 6.07) is 12.3. The Bertz CT molecular complexity index is 713. The number of nitrogens with one attached hydrogen (secondary N) is 1. The maximum atomic E-state index is 12.0. The monoisotopic (exact) mass is 317 g/mol. The molecule has 1 amide bonds. The Morgan fingerprint density at radius 3 is 2.55 bits per heavy atom. The number of amides is 1. The van der Waals surface area contributed by atoms with E-state index in [1.165, 1.54) is 0 Å². The zero-order chi connectivity index (χ0) is 16.1. The molecule has 22 heavy (non-hydrogen) atoms. The number of carbonyl (C=O) groups excluding carboxylic acids is 2. The number of rotatable bonds is 4. The molecular formula is C17H16ClNO3. The molecule has 2 aromatic carbocycles. The number of halogens is 1. The van der Waals surface area contributed by atoms with Crippen molar-refractivity contribution in [3.8, 4) is 0 Å². The summed E-state index contributed by atoms with van der Waals surface area (Å²) in [5.41, 5.74) is 2.81. The zero-order valence-corrected chi connectivity index (χ0v) is 13.1. The van der Waals surface area contributed by atoms with Gasteiger partial charge in [-0.3, -0.25) is 4.79 Å². The van der Waals surface area contributed by atoms with E-state index in [0.29, 0.717) is 16.3 Å². The van der Waals surface area contributed by atoms with Crippen LogP contribution in [0.15, 0.2) is 42.5 Å². The molecule has 2 rings (SSSR count). The van der Waals surface area contributed by atoms with Crippen LogP contribution in [0.5, 0.6) is 0 Å². The van der Waals surface area contributed by atoms with Gasteiger partial charge in [-0.25, -0.2) is 4.79 Å². The van der Waals surface area contributed by atoms with Gasteiger partial charge in [0.15, 0.2) is 6.61 Å². The summed E-state index contributed by atoms with van der Waals surface area (Å²) in [5.74, 6) is -0.960. The van der Waals surface area contributed by atoms with Gasteiger partial charge in [-0.2, -0.15) is 0 Å². The lowest BCUT2D eigenvalue weighted by molar-refractivity contribution is -0.119. The molecule has 0 aromatic heterocycles. The quantitative estimate of drug-likeness (QED) is 0.874. The van der Waals surface area contributed by atoms with Gasteiger partial charge in [-0.05, 0) is 37.6 Å². The van der Waals surface area contributed by atoms with Crippen LogP contribution < -0.4 is 5.32 Å². The molecule has 2 aromatic rings. The Balaban J connectivity index is 1.93. The van der Waals surface area contributed by atoms with Crippen LogP contribution in [0.1, 0.15) is 21.5 Å². The first-order valence-corrected chi connectivity index (χ1v) is 7.14. The molecule has 0 aliphatic heterocycles. The Kier molecular flexibility index (Phi) is 5.17. The molecule has 0 unspecified atom stereocenters. The van der Waals surface area contributed by atoms with Crippen molar-refractivity contribution in [1.29, 1.82) is 0 Å². The molecule has 0 heterocycles. The normalized spacial score (nSPS) is 10.1. The van der Waals surface area contributed by atoms with Crippen LogP contribution in [0.2, 0.25) is 5.02 Å². The summed E-state index contributed by atoms with van der Waals surface area (Å²) in [7, 11) is 0. The topological polar surface area (TPSA) is 55.4 Å². The number of benzene rings is 2. The van der Waals surface area contributed by atoms with Gasteiger partial charge < -0.3 is 10.1 Å². The van der Waals surface area contributed by atoms with E-state index in [-0.39, 0.29) is 6.61 Å². The van der Waals surface area contributed by atoms with Crippen molar-refractivity contribution in [2.45, 2.75) is 13.8 Å². The molecule has 5 heteroatoms. The van der Waals surface area contributed by atoms with E-state index in [2.05, 4.69) is 5.32 Å². The third-order valence-electron chi connectivity index (χ3n) is 3.08. The van der Waals surface area contributed by atoms with Crippen molar-refractivity contribution in [2.75, 3.05) is 11.9 Å². The fourth-order valence-electron chi connectivity index (χ4n) is 2.00. The van der Waals surface area contributed by atoms with Crippen molar-refractivity contribution in [1.82, 2.24) is 0 Å². The van der Waals surface area contributed by atoms with Crippen LogP contribution in [0.25, 0.3) is 0 Å². The zero-order valence-electron chi connectivity index (χ0n) is 12.4. The van der Waals surface area contributed by atoms with Crippen LogP contribution in [0.4, 0.5) is 5.69 Å². The largest absolute Gasteiger partial charge is 0.452 e. The van der Waals surface area contributed by atoms with Crippen LogP contribution in [0.3, 0.4) is 0 Å². The van der Waals surface area contributed by atoms with Crippen molar-refractivity contribution >= 4 is 29.2 Å². The van der Waals surface area contributed by atoms with Crippen molar-refractivity contribution < 1.29 is 14.3 Å². The minimum atomic E-state index is -0.521. The summed E-state index contributed by atoms with van der Waals surface area (Å²) in [4.78, 5) is 23.8. The number of hydrogen-bond acceptors (Lipinski definition) is 3. The molecule has 0 bridgehead atoms. The molecule has 0 saturated heterocycles. The average molecular weight is 318 g/mol.